The maximum atomic E-state index is 14.6. The van der Waals surface area contributed by atoms with Crippen LogP contribution in [-0.4, -0.2) is 61.3 Å². The number of hydrogen-bond acceptors (Lipinski definition) is 7. The third-order valence-electron chi connectivity index (χ3n) is 8.05. The van der Waals surface area contributed by atoms with Gasteiger partial charge in [-0.3, -0.25) is 4.79 Å². The van der Waals surface area contributed by atoms with E-state index < -0.39 is 39.3 Å². The number of quaternary nitrogens is 1. The second-order valence-corrected chi connectivity index (χ2v) is 12.2. The first-order chi connectivity index (χ1) is 18.4. The van der Waals surface area contributed by atoms with Crippen LogP contribution in [0.25, 0.3) is 0 Å². The molecule has 5 rings (SSSR count). The van der Waals surface area contributed by atoms with Crippen molar-refractivity contribution in [2.45, 2.75) is 45.8 Å². The molecule has 2 N–H and O–H groups in total. The minimum absolute atomic E-state index is 0.0554. The summed E-state index contributed by atoms with van der Waals surface area (Å²) >= 11 is 6.54. The van der Waals surface area contributed by atoms with Gasteiger partial charge < -0.3 is 24.6 Å². The number of nitrogens with one attached hydrogen (secondary N) is 1. The molecule has 3 aliphatic rings. The van der Waals surface area contributed by atoms with Crippen LogP contribution in [0.2, 0.25) is 5.02 Å². The molecule has 0 radical (unpaired) electrons. The Kier molecular flexibility index (Phi) is 6.99. The van der Waals surface area contributed by atoms with Gasteiger partial charge in [-0.25, -0.2) is 14.1 Å². The average Bonchev–Trinajstić information content (AvgIpc) is 3.32. The van der Waals surface area contributed by atoms with Gasteiger partial charge in [0, 0.05) is 47.1 Å². The Hall–Kier alpha value is -2.98. The lowest BCUT2D eigenvalue weighted by atomic mass is 9.70. The number of ether oxygens (including phenoxy) is 3. The molecule has 1 unspecified atom stereocenters. The van der Waals surface area contributed by atoms with Gasteiger partial charge in [-0.05, 0) is 25.1 Å². The topological polar surface area (TPSA) is 111 Å². The first kappa shape index (κ1) is 27.6. The Labute approximate surface area is 232 Å². The molecule has 10 heteroatoms. The van der Waals surface area contributed by atoms with Crippen LogP contribution in [0.15, 0.2) is 36.4 Å². The van der Waals surface area contributed by atoms with Gasteiger partial charge in [0.2, 0.25) is 12.3 Å². The molecule has 3 aliphatic heterocycles. The average molecular weight is 558 g/mol. The van der Waals surface area contributed by atoms with E-state index in [0.717, 1.165) is 0 Å². The minimum atomic E-state index is -1.76. The summed E-state index contributed by atoms with van der Waals surface area (Å²) in [4.78, 5) is 41.3. The molecule has 9 nitrogen and oxygen atoms in total. The van der Waals surface area contributed by atoms with Crippen LogP contribution in [-0.2, 0) is 19.1 Å². The number of carboxylic acids is 1. The van der Waals surface area contributed by atoms with E-state index in [-0.39, 0.29) is 38.7 Å². The lowest BCUT2D eigenvalue weighted by Crippen LogP contribution is -2.80. The Morgan fingerprint density at radius 2 is 1.95 bits per heavy atom. The predicted octanol–water partition coefficient (Wildman–Crippen LogP) is 4.09. The summed E-state index contributed by atoms with van der Waals surface area (Å²) in [5, 5.41) is 14.7. The highest BCUT2D eigenvalue weighted by Gasteiger charge is 2.70. The first-order valence-electron chi connectivity index (χ1n) is 13.1. The fourth-order valence-corrected chi connectivity index (χ4v) is 6.86. The predicted molar refractivity (Wildman–Crippen MR) is 145 cm³/mol. The van der Waals surface area contributed by atoms with Crippen LogP contribution in [0.1, 0.15) is 51.3 Å². The zero-order chi connectivity index (χ0) is 28.2. The Morgan fingerprint density at radius 1 is 1.18 bits per heavy atom. The van der Waals surface area contributed by atoms with Crippen molar-refractivity contribution in [2.75, 3.05) is 33.0 Å². The van der Waals surface area contributed by atoms with Gasteiger partial charge in [-0.15, -0.1) is 0 Å². The maximum Gasteiger partial charge on any atom is 0.367 e. The Bertz CT molecular complexity index is 1340. The number of Topliss-reactive ketones (excluding diaryl/α,β-unsaturated/α-hetero) is 1. The zero-order valence-corrected chi connectivity index (χ0v) is 23.3. The Morgan fingerprint density at radius 3 is 2.64 bits per heavy atom. The van der Waals surface area contributed by atoms with Crippen LogP contribution in [0.5, 0.6) is 11.5 Å². The summed E-state index contributed by atoms with van der Waals surface area (Å²) in [5.41, 5.74) is -0.598. The summed E-state index contributed by atoms with van der Waals surface area (Å²) in [6.07, 6.45) is -0.707. The lowest BCUT2D eigenvalue weighted by Gasteiger charge is -2.54. The number of halogens is 1. The van der Waals surface area contributed by atoms with E-state index in [1.807, 2.05) is 32.9 Å². The molecule has 2 aromatic carbocycles. The number of carboxylic acid groups (broad SMARTS) is 1. The number of carbonyl (C=O) groups is 3. The van der Waals surface area contributed by atoms with Crippen molar-refractivity contribution in [1.82, 2.24) is 9.80 Å². The molecule has 2 aromatic rings. The molecule has 0 aliphatic carbocycles. The first-order valence-corrected chi connectivity index (χ1v) is 13.5. The Balaban J connectivity index is 1.86. The minimum Gasteiger partial charge on any atom is -0.477 e. The monoisotopic (exact) mass is 557 g/mol. The van der Waals surface area contributed by atoms with E-state index in [0.29, 0.717) is 39.9 Å². The van der Waals surface area contributed by atoms with Crippen molar-refractivity contribution >= 4 is 34.9 Å². The van der Waals surface area contributed by atoms with E-state index in [1.54, 1.807) is 24.3 Å². The molecule has 3 heterocycles. The normalized spacial score (nSPS) is 28.5. The number of nitrogens with zero attached hydrogens (tertiary/aromatic N) is 1. The number of benzene rings is 2. The maximum absolute atomic E-state index is 14.6. The molecular weight excluding hydrogens is 524 g/mol. The van der Waals surface area contributed by atoms with Crippen LogP contribution in [0.4, 0.5) is 5.69 Å². The van der Waals surface area contributed by atoms with E-state index in [4.69, 9.17) is 25.8 Å². The third-order valence-corrected chi connectivity index (χ3v) is 8.29. The molecule has 0 aromatic heterocycles. The van der Waals surface area contributed by atoms with E-state index in [2.05, 4.69) is 5.32 Å². The molecule has 0 spiro atoms. The van der Waals surface area contributed by atoms with Gasteiger partial charge >= 0.3 is 11.9 Å². The number of hydrogen-bond donors (Lipinski definition) is 2. The molecule has 1 fully saturated rings. The number of carbonyl (C=O) groups excluding carboxylic acids is 2. The molecular formula is C29H34ClN2O7+. The second kappa shape index (κ2) is 9.89. The standard InChI is InChI=1S/C29H33ClN2O7/c1-17(33)21-13-31-11-10-29(21,27(35)36)32(15-28(2,3)4)22-9-8-18(30)12-20(22)25(37-14-24(32)34)19-6-5-7-23-26(19)39-16-38-23/h5-9,12,21,25,31H,10-11,13-16H2,1-4H3/p+1/t21-,25?,29+,32+/m1/s1. The molecule has 208 valence electrons. The van der Waals surface area contributed by atoms with Gasteiger partial charge in [-0.2, -0.15) is 0 Å². The molecule has 1 saturated heterocycles. The van der Waals surface area contributed by atoms with Crippen LogP contribution >= 0.6 is 11.6 Å². The van der Waals surface area contributed by atoms with Gasteiger partial charge in [-0.1, -0.05) is 44.5 Å². The largest absolute Gasteiger partial charge is 0.477 e. The van der Waals surface area contributed by atoms with Crippen LogP contribution in [0.3, 0.4) is 0 Å². The van der Waals surface area contributed by atoms with Crippen LogP contribution in [0, 0.1) is 11.3 Å². The number of aliphatic carboxylic acids is 1. The second-order valence-electron chi connectivity index (χ2n) is 11.7. The summed E-state index contributed by atoms with van der Waals surface area (Å²) in [6, 6.07) is 10.6. The summed E-state index contributed by atoms with van der Waals surface area (Å²) in [6.45, 7) is 7.62. The fourth-order valence-electron chi connectivity index (χ4n) is 6.68. The summed E-state index contributed by atoms with van der Waals surface area (Å²) < 4.78 is 17.1. The smallest absolute Gasteiger partial charge is 0.367 e. The SMILES string of the molecule is CC(=O)[C@H]1CNCC[C@]1(C(=O)O)[N@+]1(CC(C)(C)C)C(=O)COC(c2cccc3c2OCO3)c2cc(Cl)ccc21. The summed E-state index contributed by atoms with van der Waals surface area (Å²) in [5.74, 6) is -1.77. The highest BCUT2D eigenvalue weighted by molar-refractivity contribution is 6.30. The van der Waals surface area contributed by atoms with Crippen molar-refractivity contribution in [1.29, 1.82) is 0 Å². The molecule has 39 heavy (non-hydrogen) atoms. The lowest BCUT2D eigenvalue weighted by molar-refractivity contribution is -0.170. The number of ketones is 1. The quantitative estimate of drug-likeness (QED) is 0.529. The van der Waals surface area contributed by atoms with Crippen LogP contribution < -0.4 is 19.3 Å². The highest BCUT2D eigenvalue weighted by atomic mass is 35.5. The van der Waals surface area contributed by atoms with Gasteiger partial charge in [0.1, 0.15) is 17.6 Å². The third kappa shape index (κ3) is 4.32. The van der Waals surface area contributed by atoms with Crippen molar-refractivity contribution in [3.8, 4) is 11.5 Å². The van der Waals surface area contributed by atoms with Gasteiger partial charge in [0.05, 0.1) is 12.5 Å². The molecule has 0 saturated carbocycles. The number of para-hydroxylation sites is 1. The number of fused-ring (bicyclic) bond motifs is 2. The van der Waals surface area contributed by atoms with Crippen molar-refractivity contribution in [3.05, 3.63) is 52.5 Å². The number of rotatable bonds is 5. The number of piperidine rings is 1. The van der Waals surface area contributed by atoms with E-state index >= 15 is 0 Å². The van der Waals surface area contributed by atoms with E-state index in [1.165, 1.54) is 6.92 Å². The molecule has 4 atom stereocenters. The summed E-state index contributed by atoms with van der Waals surface area (Å²) in [7, 11) is 0. The highest BCUT2D eigenvalue weighted by Crippen LogP contribution is 2.52. The number of amides is 1. The zero-order valence-electron chi connectivity index (χ0n) is 22.6. The van der Waals surface area contributed by atoms with Crippen molar-refractivity contribution < 1.29 is 33.7 Å². The molecule has 0 bridgehead atoms. The van der Waals surface area contributed by atoms with Crippen molar-refractivity contribution in [2.24, 2.45) is 11.3 Å². The van der Waals surface area contributed by atoms with Gasteiger partial charge in [0.25, 0.3) is 0 Å². The fraction of sp³-hybridized carbons (Fsp3) is 0.483. The van der Waals surface area contributed by atoms with Gasteiger partial charge in [0.15, 0.2) is 18.1 Å². The van der Waals surface area contributed by atoms with Crippen molar-refractivity contribution in [3.63, 3.8) is 0 Å². The molecule has 1 amide bonds. The van der Waals surface area contributed by atoms with E-state index in [9.17, 15) is 19.5 Å².